The van der Waals surface area contributed by atoms with Gasteiger partial charge in [0, 0.05) is 17.0 Å². The van der Waals surface area contributed by atoms with Gasteiger partial charge in [-0.1, -0.05) is 44.6 Å². The van der Waals surface area contributed by atoms with E-state index >= 15 is 0 Å². The minimum absolute atomic E-state index is 0.0988. The molecule has 152 valence electrons. The van der Waals surface area contributed by atoms with Gasteiger partial charge in [-0.25, -0.2) is 0 Å². The molecule has 4 nitrogen and oxygen atoms in total. The summed E-state index contributed by atoms with van der Waals surface area (Å²) in [6, 6.07) is 3.79. The number of benzene rings is 1. The number of carbonyl (C=O) groups is 1. The highest BCUT2D eigenvalue weighted by molar-refractivity contribution is 7.80. The number of amides is 1. The molecule has 0 fully saturated rings. The van der Waals surface area contributed by atoms with Gasteiger partial charge in [-0.3, -0.25) is 4.79 Å². The van der Waals surface area contributed by atoms with Gasteiger partial charge in [-0.15, -0.1) is 0 Å². The number of para-hydroxylation sites is 1. The van der Waals surface area contributed by atoms with Gasteiger partial charge in [0.2, 0.25) is 5.91 Å². The first kappa shape index (κ1) is 20.6. The highest BCUT2D eigenvalue weighted by atomic mass is 32.1. The van der Waals surface area contributed by atoms with E-state index < -0.39 is 11.7 Å². The molecule has 1 amide bonds. The Morgan fingerprint density at radius 3 is 2.75 bits per heavy atom. The number of rotatable bonds is 5. The number of halogens is 3. The van der Waals surface area contributed by atoms with Crippen LogP contribution in [-0.2, 0) is 23.8 Å². The summed E-state index contributed by atoms with van der Waals surface area (Å²) >= 11 is 5.09. The molecule has 0 saturated heterocycles. The summed E-state index contributed by atoms with van der Waals surface area (Å²) in [5, 5.41) is 3.49. The molecular weight excluding hydrogens is 387 g/mol. The van der Waals surface area contributed by atoms with Crippen LogP contribution in [-0.4, -0.2) is 21.9 Å². The standard InChI is InChI=1S/C20H24F3N3OS/c1-3-10(2)16(18(24)28)26-19(27)11-7-8-15-13(9-11)12-5-4-6-14(17(12)25-15)20(21,22)23/h4-6,10-11,16,25H,3,7-9H2,1-2H3,(H2,24,28)(H,26,27)/t10?,11?,16-/m0/s1. The van der Waals surface area contributed by atoms with E-state index in [0.717, 1.165) is 23.7 Å². The summed E-state index contributed by atoms with van der Waals surface area (Å²) in [6.45, 7) is 3.97. The average molecular weight is 411 g/mol. The minimum atomic E-state index is -4.43. The van der Waals surface area contributed by atoms with Crippen molar-refractivity contribution in [3.05, 3.63) is 35.0 Å². The summed E-state index contributed by atoms with van der Waals surface area (Å²) < 4.78 is 39.9. The third kappa shape index (κ3) is 3.87. The lowest BCUT2D eigenvalue weighted by Crippen LogP contribution is -2.49. The number of aryl methyl sites for hydroxylation is 1. The monoisotopic (exact) mass is 411 g/mol. The van der Waals surface area contributed by atoms with E-state index in [0.29, 0.717) is 24.6 Å². The molecule has 1 heterocycles. The fraction of sp³-hybridized carbons (Fsp3) is 0.500. The Hall–Kier alpha value is -2.09. The number of alkyl halides is 3. The Kier molecular flexibility index (Phi) is 5.70. The normalized spacial score (nSPS) is 19.1. The smallest absolute Gasteiger partial charge is 0.392 e. The van der Waals surface area contributed by atoms with Gasteiger partial charge in [-0.05, 0) is 36.8 Å². The van der Waals surface area contributed by atoms with Gasteiger partial charge < -0.3 is 16.0 Å². The zero-order valence-corrected chi connectivity index (χ0v) is 16.6. The van der Waals surface area contributed by atoms with Gasteiger partial charge in [0.15, 0.2) is 0 Å². The molecule has 1 aromatic carbocycles. The van der Waals surface area contributed by atoms with Gasteiger partial charge in [0.05, 0.1) is 22.1 Å². The Balaban J connectivity index is 1.86. The molecule has 1 aliphatic carbocycles. The molecule has 3 atom stereocenters. The van der Waals surface area contributed by atoms with Crippen molar-refractivity contribution in [1.82, 2.24) is 10.3 Å². The van der Waals surface area contributed by atoms with Crippen molar-refractivity contribution in [3.63, 3.8) is 0 Å². The van der Waals surface area contributed by atoms with Crippen molar-refractivity contribution in [2.45, 2.75) is 51.7 Å². The fourth-order valence-electron chi connectivity index (χ4n) is 3.90. The maximum absolute atomic E-state index is 13.3. The molecule has 28 heavy (non-hydrogen) atoms. The van der Waals surface area contributed by atoms with Crippen LogP contribution in [0.5, 0.6) is 0 Å². The summed E-state index contributed by atoms with van der Waals surface area (Å²) in [4.78, 5) is 16.0. The second-order valence-corrected chi connectivity index (χ2v) is 7.99. The first-order valence-electron chi connectivity index (χ1n) is 9.42. The van der Waals surface area contributed by atoms with Crippen LogP contribution in [0.3, 0.4) is 0 Å². The van der Waals surface area contributed by atoms with Gasteiger partial charge in [0.1, 0.15) is 0 Å². The molecule has 4 N–H and O–H groups in total. The summed E-state index contributed by atoms with van der Waals surface area (Å²) in [5.74, 6) is -0.352. The molecule has 8 heteroatoms. The van der Waals surface area contributed by atoms with E-state index in [-0.39, 0.29) is 34.3 Å². The lowest BCUT2D eigenvalue weighted by atomic mass is 9.85. The molecule has 1 aromatic heterocycles. The van der Waals surface area contributed by atoms with Crippen LogP contribution < -0.4 is 11.1 Å². The van der Waals surface area contributed by atoms with Crippen molar-refractivity contribution in [3.8, 4) is 0 Å². The largest absolute Gasteiger partial charge is 0.418 e. The number of nitrogens with one attached hydrogen (secondary N) is 2. The zero-order valence-electron chi connectivity index (χ0n) is 15.8. The summed E-state index contributed by atoms with van der Waals surface area (Å²) in [5.41, 5.74) is 6.79. The van der Waals surface area contributed by atoms with Crippen LogP contribution in [0, 0.1) is 11.8 Å². The van der Waals surface area contributed by atoms with Gasteiger partial charge in [0.25, 0.3) is 0 Å². The van der Waals surface area contributed by atoms with Crippen LogP contribution in [0.2, 0.25) is 0 Å². The van der Waals surface area contributed by atoms with Crippen molar-refractivity contribution in [2.75, 3.05) is 0 Å². The molecule has 0 spiro atoms. The number of fused-ring (bicyclic) bond motifs is 3. The van der Waals surface area contributed by atoms with Crippen LogP contribution in [0.15, 0.2) is 18.2 Å². The van der Waals surface area contributed by atoms with Crippen molar-refractivity contribution < 1.29 is 18.0 Å². The minimum Gasteiger partial charge on any atom is -0.392 e. The number of carbonyl (C=O) groups excluding carboxylic acids is 1. The molecule has 2 unspecified atom stereocenters. The Morgan fingerprint density at radius 2 is 2.14 bits per heavy atom. The molecule has 2 aromatic rings. The number of H-pyrrole nitrogens is 1. The van der Waals surface area contributed by atoms with Gasteiger partial charge in [-0.2, -0.15) is 13.2 Å². The first-order chi connectivity index (χ1) is 13.1. The van der Waals surface area contributed by atoms with Crippen LogP contribution in [0.25, 0.3) is 10.9 Å². The zero-order chi connectivity index (χ0) is 20.6. The fourth-order valence-corrected chi connectivity index (χ4v) is 4.19. The number of thiocarbonyl (C=S) groups is 1. The van der Waals surface area contributed by atoms with Crippen LogP contribution in [0.4, 0.5) is 13.2 Å². The lowest BCUT2D eigenvalue weighted by Gasteiger charge is -2.27. The first-order valence-corrected chi connectivity index (χ1v) is 9.83. The predicted molar refractivity (Wildman–Crippen MR) is 107 cm³/mol. The highest BCUT2D eigenvalue weighted by Gasteiger charge is 2.35. The molecule has 0 radical (unpaired) electrons. The predicted octanol–water partition coefficient (Wildman–Crippen LogP) is 4.11. The molecule has 0 aliphatic heterocycles. The van der Waals surface area contributed by atoms with E-state index in [2.05, 4.69) is 10.3 Å². The number of aromatic amines is 1. The van der Waals surface area contributed by atoms with E-state index in [1.807, 2.05) is 13.8 Å². The number of hydrogen-bond acceptors (Lipinski definition) is 2. The highest BCUT2D eigenvalue weighted by Crippen LogP contribution is 2.39. The quantitative estimate of drug-likeness (QED) is 0.649. The Morgan fingerprint density at radius 1 is 1.43 bits per heavy atom. The second-order valence-electron chi connectivity index (χ2n) is 7.52. The lowest BCUT2D eigenvalue weighted by molar-refractivity contribution is -0.136. The van der Waals surface area contributed by atoms with E-state index in [4.69, 9.17) is 18.0 Å². The number of hydrogen-bond donors (Lipinski definition) is 3. The molecule has 1 aliphatic rings. The molecular formula is C20H24F3N3OS. The maximum Gasteiger partial charge on any atom is 0.418 e. The molecule has 0 saturated carbocycles. The van der Waals surface area contributed by atoms with E-state index in [1.54, 1.807) is 6.07 Å². The van der Waals surface area contributed by atoms with E-state index in [9.17, 15) is 18.0 Å². The van der Waals surface area contributed by atoms with E-state index in [1.165, 1.54) is 6.07 Å². The summed E-state index contributed by atoms with van der Waals surface area (Å²) in [7, 11) is 0. The summed E-state index contributed by atoms with van der Waals surface area (Å²) in [6.07, 6.45) is -2.12. The Bertz CT molecular complexity index is 906. The van der Waals surface area contributed by atoms with Crippen LogP contribution in [0.1, 0.15) is 43.5 Å². The SMILES string of the molecule is CCC(C)[C@H](NC(=O)C1CCc2[nH]c3c(C(F)(F)F)cccc3c2C1)C(N)=S. The van der Waals surface area contributed by atoms with Crippen molar-refractivity contribution in [1.29, 1.82) is 0 Å². The van der Waals surface area contributed by atoms with Gasteiger partial charge >= 0.3 is 6.18 Å². The topological polar surface area (TPSA) is 70.9 Å². The maximum atomic E-state index is 13.3. The van der Waals surface area contributed by atoms with Crippen LogP contribution >= 0.6 is 12.2 Å². The second kappa shape index (κ2) is 7.73. The number of aromatic nitrogens is 1. The van der Waals surface area contributed by atoms with Crippen molar-refractivity contribution >= 4 is 34.0 Å². The average Bonchev–Trinajstić information content (AvgIpc) is 3.01. The Labute approximate surface area is 167 Å². The third-order valence-electron chi connectivity index (χ3n) is 5.72. The van der Waals surface area contributed by atoms with Crippen molar-refractivity contribution in [2.24, 2.45) is 17.6 Å². The molecule has 3 rings (SSSR count). The number of nitrogens with two attached hydrogens (primary N) is 1. The molecule has 0 bridgehead atoms. The third-order valence-corrected chi connectivity index (χ3v) is 5.97.